The smallest absolute Gasteiger partial charge is 0.131 e. The van der Waals surface area contributed by atoms with E-state index in [1.807, 2.05) is 13.0 Å². The lowest BCUT2D eigenvalue weighted by atomic mass is 10.1. The number of nitrogens with zero attached hydrogens (tertiary/aromatic N) is 2. The number of anilines is 1. The quantitative estimate of drug-likeness (QED) is 0.804. The highest BCUT2D eigenvalue weighted by atomic mass is 35.5. The minimum Gasteiger partial charge on any atom is -0.389 e. The third kappa shape index (κ3) is 4.06. The zero-order valence-corrected chi connectivity index (χ0v) is 10.1. The van der Waals surface area contributed by atoms with Gasteiger partial charge in [-0.3, -0.25) is 0 Å². The molecule has 4 heteroatoms. The van der Waals surface area contributed by atoms with Crippen molar-refractivity contribution in [2.45, 2.75) is 26.4 Å². The maximum absolute atomic E-state index is 9.76. The van der Waals surface area contributed by atoms with Gasteiger partial charge in [0.05, 0.1) is 5.60 Å². The Morgan fingerprint density at radius 2 is 2.20 bits per heavy atom. The van der Waals surface area contributed by atoms with Crippen LogP contribution in [0, 0.1) is 0 Å². The summed E-state index contributed by atoms with van der Waals surface area (Å²) in [4.78, 5) is 5.99. The van der Waals surface area contributed by atoms with Gasteiger partial charge in [0, 0.05) is 25.0 Å². The van der Waals surface area contributed by atoms with Crippen molar-refractivity contribution in [2.75, 3.05) is 18.0 Å². The Morgan fingerprint density at radius 1 is 1.53 bits per heavy atom. The van der Waals surface area contributed by atoms with Crippen molar-refractivity contribution in [3.63, 3.8) is 0 Å². The number of hydrogen-bond donors (Lipinski definition) is 1. The second-order valence-electron chi connectivity index (χ2n) is 4.16. The Morgan fingerprint density at radius 3 is 2.67 bits per heavy atom. The van der Waals surface area contributed by atoms with Crippen LogP contribution >= 0.6 is 11.6 Å². The van der Waals surface area contributed by atoms with Crippen LogP contribution in [0.2, 0.25) is 5.15 Å². The third-order valence-corrected chi connectivity index (χ3v) is 2.24. The number of aliphatic hydroxyl groups is 1. The summed E-state index contributed by atoms with van der Waals surface area (Å²) in [6, 6.07) is 3.69. The van der Waals surface area contributed by atoms with E-state index in [-0.39, 0.29) is 0 Å². The van der Waals surface area contributed by atoms with Crippen molar-refractivity contribution in [1.29, 1.82) is 0 Å². The topological polar surface area (TPSA) is 36.4 Å². The molecule has 1 aromatic heterocycles. The lowest BCUT2D eigenvalue weighted by Crippen LogP contribution is -2.38. The van der Waals surface area contributed by atoms with Crippen LogP contribution in [0.4, 0.5) is 5.69 Å². The molecule has 0 unspecified atom stereocenters. The molecule has 0 atom stereocenters. The summed E-state index contributed by atoms with van der Waals surface area (Å²) < 4.78 is 0. The van der Waals surface area contributed by atoms with E-state index in [9.17, 15) is 5.11 Å². The van der Waals surface area contributed by atoms with Gasteiger partial charge in [0.25, 0.3) is 0 Å². The van der Waals surface area contributed by atoms with E-state index < -0.39 is 5.60 Å². The van der Waals surface area contributed by atoms with Crippen molar-refractivity contribution in [3.8, 4) is 0 Å². The molecule has 0 saturated heterocycles. The molecule has 0 radical (unpaired) electrons. The van der Waals surface area contributed by atoms with Gasteiger partial charge in [-0.2, -0.15) is 0 Å². The highest BCUT2D eigenvalue weighted by Gasteiger charge is 2.17. The molecule has 84 valence electrons. The summed E-state index contributed by atoms with van der Waals surface area (Å²) in [5.41, 5.74) is 0.269. The van der Waals surface area contributed by atoms with Crippen molar-refractivity contribution >= 4 is 17.3 Å². The van der Waals surface area contributed by atoms with Gasteiger partial charge in [0.1, 0.15) is 5.15 Å². The molecule has 15 heavy (non-hydrogen) atoms. The van der Waals surface area contributed by atoms with E-state index in [1.54, 1.807) is 26.1 Å². The Balaban J connectivity index is 2.83. The molecule has 3 nitrogen and oxygen atoms in total. The zero-order valence-electron chi connectivity index (χ0n) is 9.37. The summed E-state index contributed by atoms with van der Waals surface area (Å²) in [5, 5.41) is 10.2. The SMILES string of the molecule is CCN(CC(C)(C)O)c1ccnc(Cl)c1. The monoisotopic (exact) mass is 228 g/mol. The zero-order chi connectivity index (χ0) is 11.5. The van der Waals surface area contributed by atoms with Crippen LogP contribution in [-0.4, -0.2) is 28.8 Å². The molecule has 0 aliphatic rings. The van der Waals surface area contributed by atoms with Crippen molar-refractivity contribution in [1.82, 2.24) is 4.98 Å². The minimum atomic E-state index is -0.717. The van der Waals surface area contributed by atoms with Gasteiger partial charge < -0.3 is 10.0 Å². The molecule has 1 heterocycles. The van der Waals surface area contributed by atoms with E-state index in [4.69, 9.17) is 11.6 Å². The number of aromatic nitrogens is 1. The summed E-state index contributed by atoms with van der Waals surface area (Å²) in [5.74, 6) is 0. The normalized spacial score (nSPS) is 11.5. The van der Waals surface area contributed by atoms with E-state index in [0.717, 1.165) is 12.2 Å². The van der Waals surface area contributed by atoms with Crippen molar-refractivity contribution < 1.29 is 5.11 Å². The summed E-state index contributed by atoms with van der Waals surface area (Å²) in [6.45, 7) is 7.02. The van der Waals surface area contributed by atoms with Crippen molar-refractivity contribution in [2.24, 2.45) is 0 Å². The first-order valence-corrected chi connectivity index (χ1v) is 5.39. The molecule has 0 aliphatic carbocycles. The molecule has 0 spiro atoms. The van der Waals surface area contributed by atoms with Crippen molar-refractivity contribution in [3.05, 3.63) is 23.5 Å². The van der Waals surface area contributed by atoms with Crippen LogP contribution in [0.3, 0.4) is 0 Å². The Kier molecular flexibility index (Phi) is 3.94. The molecular weight excluding hydrogens is 212 g/mol. The second-order valence-corrected chi connectivity index (χ2v) is 4.55. The Bertz CT molecular complexity index is 323. The standard InChI is InChI=1S/C11H17ClN2O/c1-4-14(8-11(2,3)15)9-5-6-13-10(12)7-9/h5-7,15H,4,8H2,1-3H3. The first kappa shape index (κ1) is 12.3. The van der Waals surface area contributed by atoms with Crippen LogP contribution in [0.1, 0.15) is 20.8 Å². The van der Waals surface area contributed by atoms with Gasteiger partial charge in [0.2, 0.25) is 0 Å². The van der Waals surface area contributed by atoms with Gasteiger partial charge in [-0.05, 0) is 32.9 Å². The molecule has 0 saturated carbocycles. The van der Waals surface area contributed by atoms with Gasteiger partial charge in [-0.1, -0.05) is 11.6 Å². The largest absolute Gasteiger partial charge is 0.389 e. The highest BCUT2D eigenvalue weighted by molar-refractivity contribution is 6.29. The molecule has 0 bridgehead atoms. The van der Waals surface area contributed by atoms with Crippen LogP contribution in [0.5, 0.6) is 0 Å². The number of rotatable bonds is 4. The first-order chi connectivity index (χ1) is 6.92. The molecule has 0 aliphatic heterocycles. The van der Waals surface area contributed by atoms with Gasteiger partial charge in [0.15, 0.2) is 0 Å². The predicted octanol–water partition coefficient (Wildman–Crippen LogP) is 2.33. The molecule has 1 N–H and O–H groups in total. The van der Waals surface area contributed by atoms with E-state index in [2.05, 4.69) is 9.88 Å². The molecule has 0 aromatic carbocycles. The third-order valence-electron chi connectivity index (χ3n) is 2.03. The van der Waals surface area contributed by atoms with Crippen LogP contribution in [0.15, 0.2) is 18.3 Å². The maximum atomic E-state index is 9.76. The lowest BCUT2D eigenvalue weighted by Gasteiger charge is -2.29. The van der Waals surface area contributed by atoms with E-state index in [0.29, 0.717) is 11.7 Å². The number of likely N-dealkylation sites (N-methyl/N-ethyl adjacent to an activating group) is 1. The fraction of sp³-hybridized carbons (Fsp3) is 0.545. The van der Waals surface area contributed by atoms with Crippen LogP contribution < -0.4 is 4.90 Å². The average Bonchev–Trinajstić information content (AvgIpc) is 2.13. The Labute approximate surface area is 95.7 Å². The second kappa shape index (κ2) is 4.81. The van der Waals surface area contributed by atoms with Gasteiger partial charge in [-0.25, -0.2) is 4.98 Å². The fourth-order valence-electron chi connectivity index (χ4n) is 1.44. The average molecular weight is 229 g/mol. The number of halogens is 1. The van der Waals surface area contributed by atoms with Gasteiger partial charge >= 0.3 is 0 Å². The van der Waals surface area contributed by atoms with Crippen LogP contribution in [-0.2, 0) is 0 Å². The first-order valence-electron chi connectivity index (χ1n) is 5.01. The summed E-state index contributed by atoms with van der Waals surface area (Å²) >= 11 is 5.82. The Hall–Kier alpha value is -0.800. The lowest BCUT2D eigenvalue weighted by molar-refractivity contribution is 0.0876. The molecule has 1 aromatic rings. The van der Waals surface area contributed by atoms with E-state index >= 15 is 0 Å². The highest BCUT2D eigenvalue weighted by Crippen LogP contribution is 2.19. The van der Waals surface area contributed by atoms with Gasteiger partial charge in [-0.15, -0.1) is 0 Å². The molecule has 0 fully saturated rings. The maximum Gasteiger partial charge on any atom is 0.131 e. The van der Waals surface area contributed by atoms with Crippen LogP contribution in [0.25, 0.3) is 0 Å². The predicted molar refractivity (Wildman–Crippen MR) is 63.4 cm³/mol. The van der Waals surface area contributed by atoms with E-state index in [1.165, 1.54) is 0 Å². The molecule has 1 rings (SSSR count). The minimum absolute atomic E-state index is 0.474. The summed E-state index contributed by atoms with van der Waals surface area (Å²) in [7, 11) is 0. The molecular formula is C11H17ClN2O. The molecule has 0 amide bonds. The fourth-order valence-corrected chi connectivity index (χ4v) is 1.61. The number of hydrogen-bond acceptors (Lipinski definition) is 3. The summed E-state index contributed by atoms with van der Waals surface area (Å²) in [6.07, 6.45) is 1.67. The number of pyridine rings is 1.